The van der Waals surface area contributed by atoms with Gasteiger partial charge in [0.25, 0.3) is 0 Å². The van der Waals surface area contributed by atoms with Crippen molar-refractivity contribution < 1.29 is 9.84 Å². The first-order valence-corrected chi connectivity index (χ1v) is 7.06. The van der Waals surface area contributed by atoms with Crippen LogP contribution in [0.5, 0.6) is 0 Å². The summed E-state index contributed by atoms with van der Waals surface area (Å²) in [7, 11) is 0. The zero-order valence-corrected chi connectivity index (χ0v) is 11.3. The number of hydrogen-bond donors (Lipinski definition) is 1. The van der Waals surface area contributed by atoms with Crippen molar-refractivity contribution in [3.05, 3.63) is 0 Å². The Morgan fingerprint density at radius 2 is 1.82 bits per heavy atom. The van der Waals surface area contributed by atoms with Crippen molar-refractivity contribution in [2.75, 3.05) is 13.1 Å². The van der Waals surface area contributed by atoms with Crippen LogP contribution in [0.25, 0.3) is 0 Å². The molecule has 0 radical (unpaired) electrons. The minimum atomic E-state index is -0.212. The van der Waals surface area contributed by atoms with E-state index in [0.29, 0.717) is 5.92 Å². The molecule has 0 aromatic heterocycles. The lowest BCUT2D eigenvalue weighted by molar-refractivity contribution is -0.294. The summed E-state index contributed by atoms with van der Waals surface area (Å²) >= 11 is 0. The molecular formula is C14H25NO2. The van der Waals surface area contributed by atoms with Crippen LogP contribution in [0.1, 0.15) is 46.5 Å². The van der Waals surface area contributed by atoms with Gasteiger partial charge in [-0.2, -0.15) is 0 Å². The number of aliphatic hydroxyl groups is 1. The number of likely N-dealkylation sites (tertiary alicyclic amines) is 1. The van der Waals surface area contributed by atoms with Crippen LogP contribution in [0.4, 0.5) is 0 Å². The Labute approximate surface area is 104 Å². The van der Waals surface area contributed by atoms with E-state index >= 15 is 0 Å². The van der Waals surface area contributed by atoms with Crippen LogP contribution in [0, 0.1) is 5.92 Å². The lowest BCUT2D eigenvalue weighted by atomic mass is 9.64. The zero-order valence-electron chi connectivity index (χ0n) is 11.3. The molecule has 0 aromatic rings. The molecule has 0 aromatic carbocycles. The van der Waals surface area contributed by atoms with Gasteiger partial charge < -0.3 is 9.84 Å². The molecule has 3 heteroatoms. The molecule has 3 aliphatic heterocycles. The van der Waals surface area contributed by atoms with Crippen LogP contribution in [0.2, 0.25) is 0 Å². The summed E-state index contributed by atoms with van der Waals surface area (Å²) in [4.78, 5) is 2.46. The number of hydrogen-bond acceptors (Lipinski definition) is 3. The summed E-state index contributed by atoms with van der Waals surface area (Å²) in [6.45, 7) is 8.75. The normalized spacial score (nSPS) is 49.8. The maximum absolute atomic E-state index is 10.7. The first-order chi connectivity index (χ1) is 7.94. The fourth-order valence-electron chi connectivity index (χ4n) is 4.51. The smallest absolute Gasteiger partial charge is 0.0841 e. The molecule has 1 saturated carbocycles. The van der Waals surface area contributed by atoms with Crippen LogP contribution < -0.4 is 0 Å². The molecule has 0 unspecified atom stereocenters. The fourth-order valence-corrected chi connectivity index (χ4v) is 4.51. The Morgan fingerprint density at radius 1 is 1.18 bits per heavy atom. The molecule has 0 spiro atoms. The third kappa shape index (κ3) is 1.66. The van der Waals surface area contributed by atoms with Crippen LogP contribution in [0.15, 0.2) is 0 Å². The van der Waals surface area contributed by atoms with E-state index in [0.717, 1.165) is 25.9 Å². The first-order valence-electron chi connectivity index (χ1n) is 7.06. The van der Waals surface area contributed by atoms with Gasteiger partial charge in [-0.05, 0) is 59.5 Å². The van der Waals surface area contributed by atoms with E-state index < -0.39 is 0 Å². The largest absolute Gasteiger partial charge is 0.391 e. The highest BCUT2D eigenvalue weighted by molar-refractivity contribution is 5.11. The van der Waals surface area contributed by atoms with Gasteiger partial charge in [-0.1, -0.05) is 0 Å². The van der Waals surface area contributed by atoms with Gasteiger partial charge in [0.2, 0.25) is 0 Å². The van der Waals surface area contributed by atoms with E-state index in [4.69, 9.17) is 4.74 Å². The molecular weight excluding hydrogens is 214 g/mol. The number of ether oxygens (including phenoxy) is 1. The van der Waals surface area contributed by atoms with Crippen LogP contribution >= 0.6 is 0 Å². The van der Waals surface area contributed by atoms with Crippen LogP contribution in [-0.2, 0) is 4.74 Å². The average molecular weight is 239 g/mol. The maximum atomic E-state index is 10.7. The molecule has 17 heavy (non-hydrogen) atoms. The summed E-state index contributed by atoms with van der Waals surface area (Å²) in [6, 6.07) is 0.219. The molecule has 4 rings (SSSR count). The van der Waals surface area contributed by atoms with Crippen molar-refractivity contribution in [3.8, 4) is 0 Å². The number of rotatable bonds is 1. The molecule has 3 saturated heterocycles. The van der Waals surface area contributed by atoms with Crippen LogP contribution in [0.3, 0.4) is 0 Å². The van der Waals surface area contributed by atoms with Gasteiger partial charge >= 0.3 is 0 Å². The summed E-state index contributed by atoms with van der Waals surface area (Å²) in [5.74, 6) is 0.301. The van der Waals surface area contributed by atoms with Gasteiger partial charge in [0.1, 0.15) is 0 Å². The second kappa shape index (κ2) is 3.69. The molecule has 4 aliphatic rings. The topological polar surface area (TPSA) is 32.7 Å². The lowest BCUT2D eigenvalue weighted by Crippen LogP contribution is -2.72. The third-order valence-electron chi connectivity index (χ3n) is 5.24. The van der Waals surface area contributed by atoms with Crippen LogP contribution in [-0.4, -0.2) is 46.4 Å². The molecule has 4 fully saturated rings. The molecule has 1 aliphatic carbocycles. The van der Waals surface area contributed by atoms with E-state index in [1.54, 1.807) is 0 Å². The average Bonchev–Trinajstić information content (AvgIpc) is 2.67. The fraction of sp³-hybridized carbons (Fsp3) is 1.00. The number of aliphatic hydroxyl groups excluding tert-OH is 1. The minimum absolute atomic E-state index is 0.151. The van der Waals surface area contributed by atoms with Gasteiger partial charge in [-0.25, -0.2) is 0 Å². The van der Waals surface area contributed by atoms with Gasteiger partial charge in [-0.3, -0.25) is 4.90 Å². The molecule has 4 atom stereocenters. The maximum Gasteiger partial charge on any atom is 0.0841 e. The zero-order chi connectivity index (χ0) is 12.3. The standard InChI is InChI=1S/C14H25NO2/c1-13(2)10-6-7-14(3,17-13)12(11(10)16)15-8-4-5-9-15/h10-12,16H,4-9H2,1-3H3/t10-,11-,12-,14+/m0/s1. The van der Waals surface area contributed by atoms with Gasteiger partial charge in [-0.15, -0.1) is 0 Å². The number of nitrogens with zero attached hydrogens (tertiary/aromatic N) is 1. The summed E-state index contributed by atoms with van der Waals surface area (Å²) in [6.07, 6.45) is 4.53. The Hall–Kier alpha value is -0.120. The van der Waals surface area contributed by atoms with E-state index in [2.05, 4.69) is 25.7 Å². The van der Waals surface area contributed by atoms with Gasteiger partial charge in [0.05, 0.1) is 23.3 Å². The monoisotopic (exact) mass is 239 g/mol. The Bertz CT molecular complexity index is 311. The molecule has 3 nitrogen and oxygen atoms in total. The van der Waals surface area contributed by atoms with Crippen molar-refractivity contribution in [2.24, 2.45) is 5.92 Å². The Kier molecular flexibility index (Phi) is 2.59. The van der Waals surface area contributed by atoms with Gasteiger partial charge in [0, 0.05) is 5.92 Å². The summed E-state index contributed by atoms with van der Waals surface area (Å²) in [5, 5.41) is 10.7. The minimum Gasteiger partial charge on any atom is -0.391 e. The van der Waals surface area contributed by atoms with E-state index in [1.165, 1.54) is 12.8 Å². The Morgan fingerprint density at radius 3 is 2.35 bits per heavy atom. The first kappa shape index (κ1) is 11.9. The SMILES string of the molecule is CC1(C)O[C@]2(C)CC[C@H]1[C@H](O)[C@@H]2N1CCCC1. The summed E-state index contributed by atoms with van der Waals surface area (Å²) < 4.78 is 6.35. The number of fused-ring (bicyclic) bond motifs is 3. The molecule has 0 amide bonds. The molecule has 98 valence electrons. The molecule has 2 bridgehead atoms. The van der Waals surface area contributed by atoms with Gasteiger partial charge in [0.15, 0.2) is 0 Å². The predicted molar refractivity (Wildman–Crippen MR) is 66.9 cm³/mol. The highest BCUT2D eigenvalue weighted by atomic mass is 16.5. The second-order valence-corrected chi connectivity index (χ2v) is 6.84. The second-order valence-electron chi connectivity index (χ2n) is 6.84. The van der Waals surface area contributed by atoms with Crippen molar-refractivity contribution >= 4 is 0 Å². The van der Waals surface area contributed by atoms with Crippen molar-refractivity contribution in [1.29, 1.82) is 0 Å². The van der Waals surface area contributed by atoms with E-state index in [1.807, 2.05) is 0 Å². The highest BCUT2D eigenvalue weighted by Crippen LogP contribution is 2.51. The van der Waals surface area contributed by atoms with Crippen molar-refractivity contribution in [3.63, 3.8) is 0 Å². The van der Waals surface area contributed by atoms with Crippen molar-refractivity contribution in [1.82, 2.24) is 4.90 Å². The van der Waals surface area contributed by atoms with E-state index in [9.17, 15) is 5.11 Å². The van der Waals surface area contributed by atoms with E-state index in [-0.39, 0.29) is 23.3 Å². The summed E-state index contributed by atoms with van der Waals surface area (Å²) in [5.41, 5.74) is -0.315. The molecule has 1 N–H and O–H groups in total. The molecule has 3 heterocycles. The predicted octanol–water partition coefficient (Wildman–Crippen LogP) is 1.79. The van der Waals surface area contributed by atoms with Crippen molar-refractivity contribution in [2.45, 2.75) is 69.8 Å². The Balaban J connectivity index is 1.90. The lowest BCUT2D eigenvalue weighted by Gasteiger charge is -2.61. The third-order valence-corrected chi connectivity index (χ3v) is 5.24. The highest BCUT2D eigenvalue weighted by Gasteiger charge is 2.60. The quantitative estimate of drug-likeness (QED) is 0.757.